The monoisotopic (exact) mass is 330 g/mol. The molecule has 4 nitrogen and oxygen atoms in total. The van der Waals surface area contributed by atoms with E-state index in [0.717, 1.165) is 19.8 Å². The molecule has 0 spiro atoms. The quantitative estimate of drug-likeness (QED) is 0.469. The number of unbranched alkanes of at least 4 members (excludes halogenated alkanes) is 4. The van der Waals surface area contributed by atoms with Gasteiger partial charge in [-0.2, -0.15) is 0 Å². The van der Waals surface area contributed by atoms with Gasteiger partial charge in [-0.15, -0.1) is 0 Å². The third-order valence-corrected chi connectivity index (χ3v) is 3.03. The van der Waals surface area contributed by atoms with Crippen molar-refractivity contribution in [2.75, 3.05) is 0 Å². The molecule has 0 aromatic rings. The zero-order valence-electron chi connectivity index (χ0n) is 15.8. The van der Waals surface area contributed by atoms with Crippen LogP contribution in [0.2, 0.25) is 0 Å². The van der Waals surface area contributed by atoms with Gasteiger partial charge < -0.3 is 10.2 Å². The van der Waals surface area contributed by atoms with E-state index in [0.29, 0.717) is 0 Å². The second-order valence-corrected chi connectivity index (χ2v) is 5.36. The molecule has 0 radical (unpaired) electrons. The maximum atomic E-state index is 9.00. The number of carbonyl (C=O) groups is 2. The van der Waals surface area contributed by atoms with Gasteiger partial charge in [-0.3, -0.25) is 9.59 Å². The first-order valence-electron chi connectivity index (χ1n) is 8.95. The molecule has 0 bridgehead atoms. The van der Waals surface area contributed by atoms with Crippen molar-refractivity contribution in [1.29, 1.82) is 0 Å². The van der Waals surface area contributed by atoms with Crippen molar-refractivity contribution >= 4 is 11.9 Å². The molecule has 4 heteroatoms. The summed E-state index contributed by atoms with van der Waals surface area (Å²) in [6, 6.07) is 0. The molecule has 138 valence electrons. The molecule has 1 saturated carbocycles. The molecule has 0 aliphatic heterocycles. The molecule has 23 heavy (non-hydrogen) atoms. The molecule has 1 aliphatic rings. The van der Waals surface area contributed by atoms with Crippen molar-refractivity contribution in [2.24, 2.45) is 5.92 Å². The molecule has 1 rings (SSSR count). The summed E-state index contributed by atoms with van der Waals surface area (Å²) in [6.07, 6.45) is 17.6. The summed E-state index contributed by atoms with van der Waals surface area (Å²) in [5, 5.41) is 14.8. The van der Waals surface area contributed by atoms with E-state index < -0.39 is 11.9 Å². The Balaban J connectivity index is -0.000000333. The number of aliphatic carboxylic acids is 2. The van der Waals surface area contributed by atoms with E-state index in [1.165, 1.54) is 57.8 Å². The van der Waals surface area contributed by atoms with E-state index in [1.807, 2.05) is 13.8 Å². The van der Waals surface area contributed by atoms with Gasteiger partial charge in [0.2, 0.25) is 0 Å². The SMILES string of the molecule is CC.CC(=O)O.CC(=O)O.CCCCCC/C=C/C1CCCC1. The van der Waals surface area contributed by atoms with Gasteiger partial charge in [0.25, 0.3) is 11.9 Å². The van der Waals surface area contributed by atoms with Gasteiger partial charge in [-0.05, 0) is 31.6 Å². The minimum absolute atomic E-state index is 0.833. The van der Waals surface area contributed by atoms with Gasteiger partial charge in [-0.25, -0.2) is 0 Å². The van der Waals surface area contributed by atoms with E-state index in [4.69, 9.17) is 19.8 Å². The highest BCUT2D eigenvalue weighted by molar-refractivity contribution is 5.63. The van der Waals surface area contributed by atoms with Gasteiger partial charge in [0.15, 0.2) is 0 Å². The predicted octanol–water partition coefficient (Wildman–Crippen LogP) is 5.91. The highest BCUT2D eigenvalue weighted by atomic mass is 16.4. The fourth-order valence-electron chi connectivity index (χ4n) is 2.13. The van der Waals surface area contributed by atoms with Gasteiger partial charge in [0.05, 0.1) is 0 Å². The summed E-state index contributed by atoms with van der Waals surface area (Å²) in [6.45, 7) is 8.44. The normalized spacial score (nSPS) is 13.1. The second-order valence-electron chi connectivity index (χ2n) is 5.36. The van der Waals surface area contributed by atoms with Crippen LogP contribution < -0.4 is 0 Å². The number of hydrogen-bond acceptors (Lipinski definition) is 2. The van der Waals surface area contributed by atoms with Crippen LogP contribution >= 0.6 is 0 Å². The van der Waals surface area contributed by atoms with Crippen molar-refractivity contribution in [3.05, 3.63) is 12.2 Å². The van der Waals surface area contributed by atoms with Crippen LogP contribution in [0.5, 0.6) is 0 Å². The Hall–Kier alpha value is -1.32. The van der Waals surface area contributed by atoms with Crippen LogP contribution in [0, 0.1) is 5.92 Å². The summed E-state index contributed by atoms with van der Waals surface area (Å²) in [5.41, 5.74) is 0. The molecule has 0 saturated heterocycles. The van der Waals surface area contributed by atoms with Crippen LogP contribution in [0.25, 0.3) is 0 Å². The minimum atomic E-state index is -0.833. The summed E-state index contributed by atoms with van der Waals surface area (Å²) in [4.78, 5) is 18.0. The summed E-state index contributed by atoms with van der Waals surface area (Å²) in [7, 11) is 0. The average Bonchev–Trinajstić information content (AvgIpc) is 2.97. The van der Waals surface area contributed by atoms with Crippen molar-refractivity contribution in [3.8, 4) is 0 Å². The Labute approximate surface area is 143 Å². The molecule has 1 fully saturated rings. The van der Waals surface area contributed by atoms with E-state index in [-0.39, 0.29) is 0 Å². The van der Waals surface area contributed by atoms with Crippen LogP contribution in [0.1, 0.15) is 92.4 Å². The van der Waals surface area contributed by atoms with Gasteiger partial charge >= 0.3 is 0 Å². The third kappa shape index (κ3) is 38.6. The first-order valence-corrected chi connectivity index (χ1v) is 8.95. The fourth-order valence-corrected chi connectivity index (χ4v) is 2.13. The summed E-state index contributed by atoms with van der Waals surface area (Å²) in [5.74, 6) is -0.730. The van der Waals surface area contributed by atoms with Gasteiger partial charge in [-0.1, -0.05) is 65.0 Å². The lowest BCUT2D eigenvalue weighted by atomic mass is 10.1. The lowest BCUT2D eigenvalue weighted by Crippen LogP contribution is -1.85. The summed E-state index contributed by atoms with van der Waals surface area (Å²) >= 11 is 0. The molecule has 0 amide bonds. The van der Waals surface area contributed by atoms with Crippen LogP contribution in [-0.2, 0) is 9.59 Å². The highest BCUT2D eigenvalue weighted by Crippen LogP contribution is 2.25. The van der Waals surface area contributed by atoms with Crippen LogP contribution in [0.3, 0.4) is 0 Å². The van der Waals surface area contributed by atoms with Crippen molar-refractivity contribution < 1.29 is 19.8 Å². The smallest absolute Gasteiger partial charge is 0.300 e. The van der Waals surface area contributed by atoms with Gasteiger partial charge in [0, 0.05) is 13.8 Å². The molecule has 0 heterocycles. The predicted molar refractivity (Wildman–Crippen MR) is 97.8 cm³/mol. The van der Waals surface area contributed by atoms with E-state index in [9.17, 15) is 0 Å². The number of hydrogen-bond donors (Lipinski definition) is 2. The topological polar surface area (TPSA) is 74.6 Å². The maximum Gasteiger partial charge on any atom is 0.300 e. The van der Waals surface area contributed by atoms with Crippen molar-refractivity contribution in [1.82, 2.24) is 0 Å². The molecule has 1 aliphatic carbocycles. The molecule has 2 N–H and O–H groups in total. The Bertz CT molecular complexity index is 259. The number of carboxylic acids is 2. The largest absolute Gasteiger partial charge is 0.481 e. The van der Waals surface area contributed by atoms with Gasteiger partial charge in [0.1, 0.15) is 0 Å². The van der Waals surface area contributed by atoms with Crippen molar-refractivity contribution in [2.45, 2.75) is 92.4 Å². The van der Waals surface area contributed by atoms with Crippen LogP contribution in [-0.4, -0.2) is 22.2 Å². The first kappa shape index (κ1) is 26.6. The molecular formula is C19H38O4. The molecule has 0 aromatic carbocycles. The summed E-state index contributed by atoms with van der Waals surface area (Å²) < 4.78 is 0. The standard InChI is InChI=1S/C13H24.2C2H4O2.C2H6/c1-2-3-4-5-6-7-10-13-11-8-9-12-13;2*1-2(3)4;1-2/h7,10,13H,2-6,8-9,11-12H2,1H3;2*1H3,(H,3,4);1-2H3/b10-7+;;;. The molecular weight excluding hydrogens is 292 g/mol. The Morgan fingerprint density at radius 2 is 1.39 bits per heavy atom. The molecule has 0 atom stereocenters. The molecule has 0 aromatic heterocycles. The maximum absolute atomic E-state index is 9.00. The Kier molecular flexibility index (Phi) is 26.5. The lowest BCUT2D eigenvalue weighted by molar-refractivity contribution is -0.135. The third-order valence-electron chi connectivity index (χ3n) is 3.03. The van der Waals surface area contributed by atoms with E-state index in [1.54, 1.807) is 0 Å². The zero-order valence-corrected chi connectivity index (χ0v) is 15.8. The number of allylic oxidation sites excluding steroid dienone is 2. The average molecular weight is 331 g/mol. The minimum Gasteiger partial charge on any atom is -0.481 e. The van der Waals surface area contributed by atoms with Crippen molar-refractivity contribution in [3.63, 3.8) is 0 Å². The lowest BCUT2D eigenvalue weighted by Gasteiger charge is -1.99. The number of rotatable bonds is 6. The van der Waals surface area contributed by atoms with Crippen LogP contribution in [0.4, 0.5) is 0 Å². The first-order chi connectivity index (χ1) is 10.9. The number of carboxylic acid groups (broad SMARTS) is 2. The van der Waals surface area contributed by atoms with Crippen LogP contribution in [0.15, 0.2) is 12.2 Å². The fraction of sp³-hybridized carbons (Fsp3) is 0.789. The van der Waals surface area contributed by atoms with E-state index >= 15 is 0 Å². The zero-order chi connectivity index (χ0) is 18.5. The highest BCUT2D eigenvalue weighted by Gasteiger charge is 2.10. The molecule has 0 unspecified atom stereocenters. The Morgan fingerprint density at radius 3 is 1.78 bits per heavy atom. The Morgan fingerprint density at radius 1 is 0.957 bits per heavy atom. The van der Waals surface area contributed by atoms with E-state index in [2.05, 4.69) is 19.1 Å². The second kappa shape index (κ2) is 23.0.